The van der Waals surface area contributed by atoms with Crippen LogP contribution in [-0.2, 0) is 4.79 Å². The molecule has 0 radical (unpaired) electrons. The Hall–Kier alpha value is -3.46. The standard InChI is InChI=1S/C30H28O3/c31-27(16-5-3-1-2-4-6-17-28(32)33)21-18-19-26-24-13-8-11-20-10-7-12-23(29(20)24)25-15-9-14-22(21)30(25)26/h7-15,18-19H,1-6,16-17H2,(H,32,33). The summed E-state index contributed by atoms with van der Waals surface area (Å²) in [6.45, 7) is 0. The van der Waals surface area contributed by atoms with Crippen LogP contribution in [0.25, 0.3) is 43.1 Å². The predicted molar refractivity (Wildman–Crippen MR) is 137 cm³/mol. The lowest BCUT2D eigenvalue weighted by atomic mass is 9.87. The van der Waals surface area contributed by atoms with E-state index in [1.165, 1.54) is 37.7 Å². The highest BCUT2D eigenvalue weighted by atomic mass is 16.4. The summed E-state index contributed by atoms with van der Waals surface area (Å²) in [6, 6.07) is 23.4. The van der Waals surface area contributed by atoms with E-state index in [2.05, 4.69) is 60.7 Å². The summed E-state index contributed by atoms with van der Waals surface area (Å²) in [5.74, 6) is -0.511. The van der Waals surface area contributed by atoms with Gasteiger partial charge in [0.05, 0.1) is 0 Å². The molecule has 5 rings (SSSR count). The molecule has 0 saturated heterocycles. The molecular formula is C30H28O3. The summed E-state index contributed by atoms with van der Waals surface area (Å²) >= 11 is 0. The van der Waals surface area contributed by atoms with Gasteiger partial charge in [0, 0.05) is 18.4 Å². The van der Waals surface area contributed by atoms with Crippen molar-refractivity contribution in [2.24, 2.45) is 0 Å². The van der Waals surface area contributed by atoms with Crippen LogP contribution < -0.4 is 0 Å². The molecule has 0 amide bonds. The third-order valence-corrected chi connectivity index (χ3v) is 6.87. The second-order valence-corrected chi connectivity index (χ2v) is 9.04. The fourth-order valence-electron chi connectivity index (χ4n) is 5.29. The fraction of sp³-hybridized carbons (Fsp3) is 0.267. The van der Waals surface area contributed by atoms with Crippen molar-refractivity contribution in [2.45, 2.75) is 51.4 Å². The minimum atomic E-state index is -0.721. The average molecular weight is 437 g/mol. The van der Waals surface area contributed by atoms with E-state index in [4.69, 9.17) is 5.11 Å². The molecule has 5 aromatic rings. The van der Waals surface area contributed by atoms with Crippen molar-refractivity contribution in [1.29, 1.82) is 0 Å². The molecule has 0 aliphatic rings. The first-order valence-corrected chi connectivity index (χ1v) is 12.0. The Labute approximate surface area is 193 Å². The first-order valence-electron chi connectivity index (χ1n) is 12.0. The number of benzene rings is 5. The van der Waals surface area contributed by atoms with Crippen molar-refractivity contribution >= 4 is 54.8 Å². The molecule has 3 heteroatoms. The van der Waals surface area contributed by atoms with Gasteiger partial charge in [-0.2, -0.15) is 0 Å². The molecule has 3 nitrogen and oxygen atoms in total. The normalized spacial score (nSPS) is 11.8. The lowest BCUT2D eigenvalue weighted by molar-refractivity contribution is -0.137. The molecule has 0 heterocycles. The van der Waals surface area contributed by atoms with E-state index in [1.54, 1.807) is 0 Å². The van der Waals surface area contributed by atoms with Gasteiger partial charge in [-0.3, -0.25) is 9.59 Å². The van der Waals surface area contributed by atoms with E-state index in [0.29, 0.717) is 6.42 Å². The second-order valence-electron chi connectivity index (χ2n) is 9.04. The van der Waals surface area contributed by atoms with Crippen molar-refractivity contribution in [2.75, 3.05) is 0 Å². The van der Waals surface area contributed by atoms with Crippen LogP contribution in [0.4, 0.5) is 0 Å². The Morgan fingerprint density at radius 3 is 1.73 bits per heavy atom. The lowest BCUT2D eigenvalue weighted by Gasteiger charge is -2.16. The van der Waals surface area contributed by atoms with Gasteiger partial charge < -0.3 is 5.11 Å². The van der Waals surface area contributed by atoms with Gasteiger partial charge in [-0.15, -0.1) is 0 Å². The quantitative estimate of drug-likeness (QED) is 0.104. The number of carboxylic acids is 1. The first-order chi connectivity index (χ1) is 16.1. The molecule has 0 bridgehead atoms. The van der Waals surface area contributed by atoms with Gasteiger partial charge in [0.25, 0.3) is 0 Å². The number of ketones is 1. The minimum Gasteiger partial charge on any atom is -0.481 e. The molecule has 0 aromatic heterocycles. The van der Waals surface area contributed by atoms with Crippen LogP contribution in [0.1, 0.15) is 61.7 Å². The van der Waals surface area contributed by atoms with Crippen LogP contribution in [-0.4, -0.2) is 16.9 Å². The molecule has 0 saturated carbocycles. The summed E-state index contributed by atoms with van der Waals surface area (Å²) in [5, 5.41) is 18.4. The van der Waals surface area contributed by atoms with Crippen molar-refractivity contribution in [3.8, 4) is 0 Å². The van der Waals surface area contributed by atoms with Crippen molar-refractivity contribution in [3.63, 3.8) is 0 Å². The number of unbranched alkanes of at least 4 members (excludes halogenated alkanes) is 5. The summed E-state index contributed by atoms with van der Waals surface area (Å²) < 4.78 is 0. The molecular weight excluding hydrogens is 408 g/mol. The number of rotatable bonds is 10. The van der Waals surface area contributed by atoms with E-state index in [0.717, 1.165) is 49.5 Å². The summed E-state index contributed by atoms with van der Waals surface area (Å²) in [5.41, 5.74) is 0.823. The number of aliphatic carboxylic acids is 1. The lowest BCUT2D eigenvalue weighted by Crippen LogP contribution is -2.01. The monoisotopic (exact) mass is 436 g/mol. The van der Waals surface area contributed by atoms with Crippen molar-refractivity contribution in [3.05, 3.63) is 72.3 Å². The maximum Gasteiger partial charge on any atom is 0.303 e. The molecule has 166 valence electrons. The highest BCUT2D eigenvalue weighted by Gasteiger charge is 2.16. The Morgan fingerprint density at radius 2 is 1.06 bits per heavy atom. The van der Waals surface area contributed by atoms with Gasteiger partial charge in [0.2, 0.25) is 0 Å². The molecule has 0 spiro atoms. The number of hydrogen-bond donors (Lipinski definition) is 1. The van der Waals surface area contributed by atoms with E-state index < -0.39 is 5.97 Å². The minimum absolute atomic E-state index is 0.210. The molecule has 33 heavy (non-hydrogen) atoms. The number of carbonyl (C=O) groups excluding carboxylic acids is 1. The summed E-state index contributed by atoms with van der Waals surface area (Å²) in [6.07, 6.45) is 6.47. The topological polar surface area (TPSA) is 54.4 Å². The first kappa shape index (κ1) is 21.4. The van der Waals surface area contributed by atoms with E-state index >= 15 is 0 Å². The van der Waals surface area contributed by atoms with Gasteiger partial charge in [-0.05, 0) is 55.9 Å². The summed E-state index contributed by atoms with van der Waals surface area (Å²) in [4.78, 5) is 23.7. The molecule has 0 aliphatic heterocycles. The zero-order valence-electron chi connectivity index (χ0n) is 18.8. The van der Waals surface area contributed by atoms with E-state index in [1.807, 2.05) is 6.07 Å². The van der Waals surface area contributed by atoms with E-state index in [9.17, 15) is 9.59 Å². The van der Waals surface area contributed by atoms with Gasteiger partial charge in [0.1, 0.15) is 0 Å². The summed E-state index contributed by atoms with van der Waals surface area (Å²) in [7, 11) is 0. The van der Waals surface area contributed by atoms with Crippen LogP contribution in [0, 0.1) is 0 Å². The molecule has 0 atom stereocenters. The van der Waals surface area contributed by atoms with Crippen LogP contribution in [0.3, 0.4) is 0 Å². The number of hydrogen-bond acceptors (Lipinski definition) is 2. The van der Waals surface area contributed by atoms with Crippen LogP contribution in [0.5, 0.6) is 0 Å². The van der Waals surface area contributed by atoms with Crippen molar-refractivity contribution < 1.29 is 14.7 Å². The van der Waals surface area contributed by atoms with Crippen LogP contribution in [0.15, 0.2) is 66.7 Å². The van der Waals surface area contributed by atoms with Gasteiger partial charge >= 0.3 is 5.97 Å². The van der Waals surface area contributed by atoms with Gasteiger partial charge in [-0.1, -0.05) is 92.4 Å². The highest BCUT2D eigenvalue weighted by molar-refractivity contribution is 6.34. The van der Waals surface area contributed by atoms with Crippen LogP contribution in [0.2, 0.25) is 0 Å². The third kappa shape index (κ3) is 4.04. The van der Waals surface area contributed by atoms with E-state index in [-0.39, 0.29) is 12.2 Å². The third-order valence-electron chi connectivity index (χ3n) is 6.87. The Balaban J connectivity index is 1.39. The Bertz CT molecular complexity index is 1410. The average Bonchev–Trinajstić information content (AvgIpc) is 2.83. The zero-order chi connectivity index (χ0) is 22.8. The van der Waals surface area contributed by atoms with Gasteiger partial charge in [0.15, 0.2) is 5.78 Å². The van der Waals surface area contributed by atoms with Crippen molar-refractivity contribution in [1.82, 2.24) is 0 Å². The molecule has 1 N–H and O–H groups in total. The molecule has 0 fully saturated rings. The molecule has 0 aliphatic carbocycles. The zero-order valence-corrected chi connectivity index (χ0v) is 18.8. The SMILES string of the molecule is O=C(O)CCCCCCCCC(=O)c1ccc2c3cccc4cccc(c5cccc1c52)c43. The number of carbonyl (C=O) groups is 2. The second kappa shape index (κ2) is 9.19. The van der Waals surface area contributed by atoms with Crippen LogP contribution >= 0.6 is 0 Å². The van der Waals surface area contributed by atoms with Gasteiger partial charge in [-0.25, -0.2) is 0 Å². The number of carboxylic acid groups (broad SMARTS) is 1. The largest absolute Gasteiger partial charge is 0.481 e. The fourth-order valence-corrected chi connectivity index (χ4v) is 5.29. The molecule has 5 aromatic carbocycles. The Kier molecular flexibility index (Phi) is 5.95. The molecule has 0 unspecified atom stereocenters. The number of Topliss-reactive ketones (excluding diaryl/α,β-unsaturated/α-hetero) is 1. The predicted octanol–water partition coefficient (Wildman–Crippen LogP) is 8.13. The maximum absolute atomic E-state index is 13.2. The Morgan fingerprint density at radius 1 is 0.545 bits per heavy atom. The highest BCUT2D eigenvalue weighted by Crippen LogP contribution is 2.41. The number of fused-ring (bicyclic) bond motifs is 2. The maximum atomic E-state index is 13.2. The smallest absolute Gasteiger partial charge is 0.303 e.